The van der Waals surface area contributed by atoms with Gasteiger partial charge in [-0.25, -0.2) is 4.98 Å². The fraction of sp³-hybridized carbons (Fsp3) is 0.800. The highest BCUT2D eigenvalue weighted by Crippen LogP contribution is 2.42. The Bertz CT molecular complexity index is 441. The number of likely N-dealkylation sites (tertiary alicyclic amines) is 1. The van der Waals surface area contributed by atoms with E-state index in [1.807, 2.05) is 0 Å². The molecule has 0 amide bonds. The van der Waals surface area contributed by atoms with Gasteiger partial charge in [-0.3, -0.25) is 4.90 Å². The molecule has 3 heterocycles. The van der Waals surface area contributed by atoms with E-state index in [1.54, 1.807) is 18.4 Å². The van der Waals surface area contributed by atoms with Crippen molar-refractivity contribution in [3.8, 4) is 0 Å². The Hall–Kier alpha value is -0.490. The van der Waals surface area contributed by atoms with E-state index in [0.717, 1.165) is 25.5 Å². The molecule has 2 aliphatic heterocycles. The van der Waals surface area contributed by atoms with Gasteiger partial charge in [-0.05, 0) is 44.7 Å². The average Bonchev–Trinajstić information content (AvgIpc) is 3.01. The molecule has 0 radical (unpaired) electrons. The van der Waals surface area contributed by atoms with Crippen molar-refractivity contribution in [1.29, 1.82) is 0 Å². The summed E-state index contributed by atoms with van der Waals surface area (Å²) >= 11 is 1.78. The van der Waals surface area contributed by atoms with Crippen LogP contribution in [0.1, 0.15) is 30.0 Å². The molecule has 2 aliphatic rings. The Kier molecular flexibility index (Phi) is 4.40. The van der Waals surface area contributed by atoms with Crippen molar-refractivity contribution in [3.63, 3.8) is 0 Å². The lowest BCUT2D eigenvalue weighted by atomic mass is 9.77. The zero-order chi connectivity index (χ0) is 14.0. The maximum atomic E-state index is 5.89. The largest absolute Gasteiger partial charge is 0.382 e. The highest BCUT2D eigenvalue weighted by Gasteiger charge is 2.42. The van der Waals surface area contributed by atoms with Crippen LogP contribution in [0.2, 0.25) is 0 Å². The summed E-state index contributed by atoms with van der Waals surface area (Å²) < 4.78 is 11.1. The molecule has 0 bridgehead atoms. The molecule has 112 valence electrons. The molecule has 0 saturated carbocycles. The van der Waals surface area contributed by atoms with E-state index in [-0.39, 0.29) is 0 Å². The zero-order valence-corrected chi connectivity index (χ0v) is 13.2. The van der Waals surface area contributed by atoms with E-state index in [1.165, 1.54) is 37.4 Å². The molecule has 1 aromatic heterocycles. The Balaban J connectivity index is 1.50. The van der Waals surface area contributed by atoms with Crippen molar-refractivity contribution in [3.05, 3.63) is 16.1 Å². The summed E-state index contributed by atoms with van der Waals surface area (Å²) in [5.41, 5.74) is 1.56. The smallest absolute Gasteiger partial charge is 0.107 e. The minimum absolute atomic E-state index is 0.313. The van der Waals surface area contributed by atoms with E-state index in [9.17, 15) is 0 Å². The van der Waals surface area contributed by atoms with Crippen LogP contribution in [0.5, 0.6) is 0 Å². The van der Waals surface area contributed by atoms with Crippen molar-refractivity contribution in [2.24, 2.45) is 5.41 Å². The first-order valence-electron chi connectivity index (χ1n) is 7.43. The van der Waals surface area contributed by atoms with Gasteiger partial charge < -0.3 is 9.47 Å². The molecular formula is C15H24N2O2S. The van der Waals surface area contributed by atoms with Gasteiger partial charge in [0, 0.05) is 18.2 Å². The number of hydrogen-bond donors (Lipinski definition) is 0. The Morgan fingerprint density at radius 2 is 2.30 bits per heavy atom. The lowest BCUT2D eigenvalue weighted by Crippen LogP contribution is -2.40. The van der Waals surface area contributed by atoms with E-state index in [4.69, 9.17) is 9.47 Å². The second-order valence-electron chi connectivity index (χ2n) is 6.25. The predicted octanol–water partition coefficient (Wildman–Crippen LogP) is 2.47. The van der Waals surface area contributed by atoms with Crippen molar-refractivity contribution in [1.82, 2.24) is 9.88 Å². The molecule has 4 nitrogen and oxygen atoms in total. The van der Waals surface area contributed by atoms with Crippen LogP contribution in [0.25, 0.3) is 0 Å². The quantitative estimate of drug-likeness (QED) is 0.855. The standard InChI is InChI=1S/C15H24N2O2S/c1-12-10-20-14(16-12)8-17-5-3-15(4-6-17)7-13(9-18-2)19-11-15/h10,13H,3-9,11H2,1-2H3/t13-/m1/s1. The normalized spacial score (nSPS) is 26.4. The summed E-state index contributed by atoms with van der Waals surface area (Å²) in [6, 6.07) is 0. The third-order valence-corrected chi connectivity index (χ3v) is 5.53. The molecule has 20 heavy (non-hydrogen) atoms. The molecular weight excluding hydrogens is 272 g/mol. The molecule has 1 atom stereocenters. The van der Waals surface area contributed by atoms with Gasteiger partial charge in [0.1, 0.15) is 5.01 Å². The van der Waals surface area contributed by atoms with Crippen LogP contribution in [-0.4, -0.2) is 49.4 Å². The van der Waals surface area contributed by atoms with Crippen LogP contribution in [0.15, 0.2) is 5.38 Å². The molecule has 3 rings (SSSR count). The minimum Gasteiger partial charge on any atom is -0.382 e. The first kappa shape index (κ1) is 14.4. The molecule has 5 heteroatoms. The van der Waals surface area contributed by atoms with Crippen LogP contribution >= 0.6 is 11.3 Å². The highest BCUT2D eigenvalue weighted by atomic mass is 32.1. The van der Waals surface area contributed by atoms with E-state index < -0.39 is 0 Å². The Morgan fingerprint density at radius 1 is 1.50 bits per heavy atom. The number of rotatable bonds is 4. The van der Waals surface area contributed by atoms with Gasteiger partial charge in [0.2, 0.25) is 0 Å². The molecule has 0 unspecified atom stereocenters. The number of aromatic nitrogens is 1. The summed E-state index contributed by atoms with van der Waals surface area (Å²) in [7, 11) is 1.76. The van der Waals surface area contributed by atoms with E-state index in [2.05, 4.69) is 22.2 Å². The maximum Gasteiger partial charge on any atom is 0.107 e. The molecule has 1 aromatic rings. The van der Waals surface area contributed by atoms with Crippen LogP contribution in [0.3, 0.4) is 0 Å². The fourth-order valence-corrected chi connectivity index (χ4v) is 4.20. The Morgan fingerprint density at radius 3 is 2.95 bits per heavy atom. The van der Waals surface area contributed by atoms with Crippen LogP contribution in [-0.2, 0) is 16.0 Å². The molecule has 1 spiro atoms. The monoisotopic (exact) mass is 296 g/mol. The SMILES string of the molecule is COC[C@H]1CC2(CCN(Cc3nc(C)cs3)CC2)CO1. The third-order valence-electron chi connectivity index (χ3n) is 4.58. The van der Waals surface area contributed by atoms with Gasteiger partial charge in [0.05, 0.1) is 25.9 Å². The minimum atomic E-state index is 0.313. The van der Waals surface area contributed by atoms with Gasteiger partial charge >= 0.3 is 0 Å². The van der Waals surface area contributed by atoms with Crippen molar-refractivity contribution >= 4 is 11.3 Å². The predicted molar refractivity (Wildman–Crippen MR) is 80.0 cm³/mol. The second-order valence-corrected chi connectivity index (χ2v) is 7.19. The van der Waals surface area contributed by atoms with Crippen molar-refractivity contribution in [2.45, 2.75) is 38.8 Å². The lowest BCUT2D eigenvalue weighted by molar-refractivity contribution is 0.0284. The number of ether oxygens (including phenoxy) is 2. The van der Waals surface area contributed by atoms with Crippen molar-refractivity contribution < 1.29 is 9.47 Å². The third kappa shape index (κ3) is 3.22. The van der Waals surface area contributed by atoms with Gasteiger partial charge in [0.25, 0.3) is 0 Å². The molecule has 0 aliphatic carbocycles. The molecule has 0 N–H and O–H groups in total. The topological polar surface area (TPSA) is 34.6 Å². The molecule has 2 saturated heterocycles. The number of hydrogen-bond acceptors (Lipinski definition) is 5. The van der Waals surface area contributed by atoms with Gasteiger partial charge in [-0.1, -0.05) is 0 Å². The molecule has 2 fully saturated rings. The highest BCUT2D eigenvalue weighted by molar-refractivity contribution is 7.09. The van der Waals surface area contributed by atoms with Crippen molar-refractivity contribution in [2.75, 3.05) is 33.4 Å². The summed E-state index contributed by atoms with van der Waals surface area (Å²) in [5.74, 6) is 0. The average molecular weight is 296 g/mol. The zero-order valence-electron chi connectivity index (χ0n) is 12.4. The van der Waals surface area contributed by atoms with Gasteiger partial charge in [-0.2, -0.15) is 0 Å². The summed E-state index contributed by atoms with van der Waals surface area (Å²) in [5, 5.41) is 3.39. The van der Waals surface area contributed by atoms with E-state index >= 15 is 0 Å². The number of methoxy groups -OCH3 is 1. The van der Waals surface area contributed by atoms with Crippen LogP contribution in [0, 0.1) is 12.3 Å². The van der Waals surface area contributed by atoms with Gasteiger partial charge in [-0.15, -0.1) is 11.3 Å². The number of piperidine rings is 1. The van der Waals surface area contributed by atoms with Gasteiger partial charge in [0.15, 0.2) is 0 Å². The first-order valence-corrected chi connectivity index (χ1v) is 8.31. The Labute approximate surface area is 125 Å². The summed E-state index contributed by atoms with van der Waals surface area (Å²) in [4.78, 5) is 7.10. The van der Waals surface area contributed by atoms with Crippen LogP contribution < -0.4 is 0 Å². The summed E-state index contributed by atoms with van der Waals surface area (Å²) in [6.45, 7) is 7.08. The number of thiazole rings is 1. The fourth-order valence-electron chi connectivity index (χ4n) is 3.39. The maximum absolute atomic E-state index is 5.89. The lowest BCUT2D eigenvalue weighted by Gasteiger charge is -2.38. The van der Waals surface area contributed by atoms with E-state index in [0.29, 0.717) is 11.5 Å². The second kappa shape index (κ2) is 6.10. The number of aryl methyl sites for hydroxylation is 1. The first-order chi connectivity index (χ1) is 9.69. The molecule has 0 aromatic carbocycles. The summed E-state index contributed by atoms with van der Waals surface area (Å²) in [6.07, 6.45) is 3.98. The van der Waals surface area contributed by atoms with Crippen LogP contribution in [0.4, 0.5) is 0 Å². The number of nitrogens with zero attached hydrogens (tertiary/aromatic N) is 2.